The van der Waals surface area contributed by atoms with E-state index in [0.717, 1.165) is 24.8 Å². The van der Waals surface area contributed by atoms with Gasteiger partial charge in [0.05, 0.1) is 5.92 Å². The Balaban J connectivity index is 2.09. The normalized spacial score (nSPS) is 31.5. The highest BCUT2D eigenvalue weighted by Gasteiger charge is 2.55. The van der Waals surface area contributed by atoms with Gasteiger partial charge in [-0.05, 0) is 41.7 Å². The van der Waals surface area contributed by atoms with Crippen molar-refractivity contribution in [3.8, 4) is 0 Å². The molecule has 1 saturated carbocycles. The summed E-state index contributed by atoms with van der Waals surface area (Å²) in [6, 6.07) is 7.49. The molecule has 1 aliphatic carbocycles. The third-order valence-corrected chi connectivity index (χ3v) is 5.34. The lowest BCUT2D eigenvalue weighted by atomic mass is 9.65. The van der Waals surface area contributed by atoms with Gasteiger partial charge in [0.2, 0.25) is 11.8 Å². The number of piperidine rings is 1. The van der Waals surface area contributed by atoms with Crippen LogP contribution in [-0.2, 0) is 9.59 Å². The van der Waals surface area contributed by atoms with Crippen LogP contribution in [0.15, 0.2) is 24.3 Å². The quantitative estimate of drug-likeness (QED) is 0.805. The van der Waals surface area contributed by atoms with Crippen molar-refractivity contribution in [1.29, 1.82) is 0 Å². The number of carbonyl (C=O) groups is 2. The summed E-state index contributed by atoms with van der Waals surface area (Å²) < 4.78 is 0. The van der Waals surface area contributed by atoms with Gasteiger partial charge in [-0.1, -0.05) is 43.6 Å². The van der Waals surface area contributed by atoms with Crippen LogP contribution in [0.4, 0.5) is 0 Å². The van der Waals surface area contributed by atoms with Crippen molar-refractivity contribution in [3.05, 3.63) is 34.9 Å². The molecule has 1 spiro atoms. The molecule has 1 N–H and O–H groups in total. The second-order valence-electron chi connectivity index (χ2n) is 7.25. The summed E-state index contributed by atoms with van der Waals surface area (Å²) in [4.78, 5) is 24.5. The van der Waals surface area contributed by atoms with Gasteiger partial charge >= 0.3 is 0 Å². The predicted octanol–water partition coefficient (Wildman–Crippen LogP) is 3.67. The predicted molar refractivity (Wildman–Crippen MR) is 82.0 cm³/mol. The molecule has 1 aromatic rings. The fourth-order valence-electron chi connectivity index (χ4n) is 4.25. The Morgan fingerprint density at radius 1 is 1.19 bits per heavy atom. The number of nitrogens with one attached hydrogen (secondary N) is 1. The van der Waals surface area contributed by atoms with E-state index in [2.05, 4.69) is 19.2 Å². The lowest BCUT2D eigenvalue weighted by molar-refractivity contribution is -0.140. The largest absolute Gasteiger partial charge is 0.296 e. The Morgan fingerprint density at radius 3 is 2.52 bits per heavy atom. The van der Waals surface area contributed by atoms with Crippen LogP contribution < -0.4 is 5.32 Å². The standard InChI is InChI=1S/C17H20ClNO2/c1-16(2)7-8-17(10-16)9-13(20)19-15(21)14(17)11-5-3-4-6-12(11)18/h3-6,14H,7-10H2,1-2H3,(H,19,20,21). The first-order valence-electron chi connectivity index (χ1n) is 7.41. The van der Waals surface area contributed by atoms with Crippen LogP contribution in [0.5, 0.6) is 0 Å². The lowest BCUT2D eigenvalue weighted by Crippen LogP contribution is -2.50. The topological polar surface area (TPSA) is 46.2 Å². The second kappa shape index (κ2) is 4.84. The summed E-state index contributed by atoms with van der Waals surface area (Å²) in [7, 11) is 0. The highest BCUT2D eigenvalue weighted by Crippen LogP contribution is 2.59. The SMILES string of the molecule is CC1(C)CCC2(CC(=O)NC(=O)C2c2ccccc2Cl)C1. The van der Waals surface area contributed by atoms with E-state index in [1.165, 1.54) is 0 Å². The molecule has 2 unspecified atom stereocenters. The molecule has 0 bridgehead atoms. The van der Waals surface area contributed by atoms with Crippen LogP contribution in [-0.4, -0.2) is 11.8 Å². The minimum atomic E-state index is -0.328. The van der Waals surface area contributed by atoms with Gasteiger partial charge in [0.25, 0.3) is 0 Å². The zero-order valence-corrected chi connectivity index (χ0v) is 13.2. The summed E-state index contributed by atoms with van der Waals surface area (Å²) in [5, 5.41) is 3.10. The molecular formula is C17H20ClNO2. The average molecular weight is 306 g/mol. The molecule has 2 aliphatic rings. The van der Waals surface area contributed by atoms with Crippen LogP contribution >= 0.6 is 11.6 Å². The maximum atomic E-state index is 12.5. The van der Waals surface area contributed by atoms with Crippen molar-refractivity contribution < 1.29 is 9.59 Å². The molecule has 1 aromatic carbocycles. The number of benzene rings is 1. The molecule has 2 amide bonds. The smallest absolute Gasteiger partial charge is 0.234 e. The zero-order valence-electron chi connectivity index (χ0n) is 12.4. The molecule has 4 heteroatoms. The monoisotopic (exact) mass is 305 g/mol. The molecule has 0 radical (unpaired) electrons. The van der Waals surface area contributed by atoms with Crippen LogP contribution in [0.25, 0.3) is 0 Å². The van der Waals surface area contributed by atoms with Gasteiger partial charge in [-0.3, -0.25) is 14.9 Å². The third kappa shape index (κ3) is 2.48. The Hall–Kier alpha value is -1.35. The second-order valence-corrected chi connectivity index (χ2v) is 7.65. The number of halogens is 1. The molecule has 1 saturated heterocycles. The van der Waals surface area contributed by atoms with Crippen molar-refractivity contribution in [2.24, 2.45) is 10.8 Å². The van der Waals surface area contributed by atoms with E-state index in [0.29, 0.717) is 11.4 Å². The summed E-state index contributed by atoms with van der Waals surface area (Å²) in [5.41, 5.74) is 0.729. The Labute approximate surface area is 130 Å². The fraction of sp³-hybridized carbons (Fsp3) is 0.529. The van der Waals surface area contributed by atoms with Crippen molar-refractivity contribution in [1.82, 2.24) is 5.32 Å². The highest BCUT2D eigenvalue weighted by atomic mass is 35.5. The van der Waals surface area contributed by atoms with E-state index in [4.69, 9.17) is 11.6 Å². The summed E-state index contributed by atoms with van der Waals surface area (Å²) in [6.45, 7) is 4.42. The van der Waals surface area contributed by atoms with E-state index >= 15 is 0 Å². The Bertz CT molecular complexity index is 611. The summed E-state index contributed by atoms with van der Waals surface area (Å²) >= 11 is 6.33. The fourth-order valence-corrected chi connectivity index (χ4v) is 4.49. The van der Waals surface area contributed by atoms with Gasteiger partial charge in [0.1, 0.15) is 0 Å². The van der Waals surface area contributed by atoms with Crippen molar-refractivity contribution in [2.45, 2.75) is 45.4 Å². The minimum absolute atomic E-state index is 0.152. The summed E-state index contributed by atoms with van der Waals surface area (Å²) in [5.74, 6) is -0.677. The molecule has 112 valence electrons. The first kappa shape index (κ1) is 14.6. The van der Waals surface area contributed by atoms with E-state index in [1.807, 2.05) is 24.3 Å². The van der Waals surface area contributed by atoms with E-state index in [-0.39, 0.29) is 28.6 Å². The van der Waals surface area contributed by atoms with Gasteiger partial charge < -0.3 is 0 Å². The van der Waals surface area contributed by atoms with Crippen molar-refractivity contribution in [2.75, 3.05) is 0 Å². The molecule has 21 heavy (non-hydrogen) atoms. The van der Waals surface area contributed by atoms with Gasteiger partial charge in [-0.15, -0.1) is 0 Å². The number of carbonyl (C=O) groups excluding carboxylic acids is 2. The maximum absolute atomic E-state index is 12.5. The molecule has 0 aromatic heterocycles. The number of hydrogen-bond donors (Lipinski definition) is 1. The first-order chi connectivity index (χ1) is 9.83. The van der Waals surface area contributed by atoms with Crippen molar-refractivity contribution >= 4 is 23.4 Å². The summed E-state index contributed by atoms with van der Waals surface area (Å²) in [6.07, 6.45) is 3.23. The van der Waals surface area contributed by atoms with Crippen LogP contribution in [0.1, 0.15) is 51.0 Å². The molecule has 3 nitrogen and oxygen atoms in total. The molecule has 2 atom stereocenters. The van der Waals surface area contributed by atoms with E-state index in [9.17, 15) is 9.59 Å². The molecular weight excluding hydrogens is 286 g/mol. The Morgan fingerprint density at radius 2 is 1.90 bits per heavy atom. The number of amides is 2. The van der Waals surface area contributed by atoms with Crippen LogP contribution in [0, 0.1) is 10.8 Å². The van der Waals surface area contributed by atoms with Crippen molar-refractivity contribution in [3.63, 3.8) is 0 Å². The zero-order chi connectivity index (χ0) is 15.3. The molecule has 1 heterocycles. The highest BCUT2D eigenvalue weighted by molar-refractivity contribution is 6.31. The number of rotatable bonds is 1. The molecule has 1 aliphatic heterocycles. The molecule has 2 fully saturated rings. The van der Waals surface area contributed by atoms with Gasteiger partial charge in [0, 0.05) is 11.4 Å². The minimum Gasteiger partial charge on any atom is -0.296 e. The van der Waals surface area contributed by atoms with E-state index < -0.39 is 0 Å². The lowest BCUT2D eigenvalue weighted by Gasteiger charge is -2.41. The first-order valence-corrected chi connectivity index (χ1v) is 7.79. The molecule has 3 rings (SSSR count). The van der Waals surface area contributed by atoms with Crippen LogP contribution in [0.3, 0.4) is 0 Å². The Kier molecular flexibility index (Phi) is 3.36. The van der Waals surface area contributed by atoms with E-state index in [1.54, 1.807) is 0 Å². The average Bonchev–Trinajstić information content (AvgIpc) is 2.66. The van der Waals surface area contributed by atoms with Gasteiger partial charge in [0.15, 0.2) is 0 Å². The third-order valence-electron chi connectivity index (χ3n) is 5.00. The number of hydrogen-bond acceptors (Lipinski definition) is 2. The van der Waals surface area contributed by atoms with Gasteiger partial charge in [-0.25, -0.2) is 0 Å². The maximum Gasteiger partial charge on any atom is 0.234 e. The number of imide groups is 1. The van der Waals surface area contributed by atoms with Crippen LogP contribution in [0.2, 0.25) is 5.02 Å². The van der Waals surface area contributed by atoms with Gasteiger partial charge in [-0.2, -0.15) is 0 Å².